The molecule has 1 aromatic rings. The molecule has 0 unspecified atom stereocenters. The maximum atomic E-state index is 11.2. The van der Waals surface area contributed by atoms with Gasteiger partial charge in [0.25, 0.3) is 0 Å². The molecule has 13 heavy (non-hydrogen) atoms. The Bertz CT molecular complexity index is 344. The van der Waals surface area contributed by atoms with Gasteiger partial charge in [0.1, 0.15) is 0 Å². The molecule has 0 saturated carbocycles. The summed E-state index contributed by atoms with van der Waals surface area (Å²) in [5.74, 6) is 0.175. The minimum absolute atomic E-state index is 0.186. The Balaban J connectivity index is 3.21. The zero-order valence-corrected chi connectivity index (χ0v) is 7.95. The van der Waals surface area contributed by atoms with Gasteiger partial charge in [-0.25, -0.2) is 0 Å². The van der Waals surface area contributed by atoms with E-state index >= 15 is 0 Å². The van der Waals surface area contributed by atoms with Crippen LogP contribution in [0.5, 0.6) is 5.75 Å². The molecule has 0 aliphatic heterocycles. The Kier molecular flexibility index (Phi) is 3.07. The lowest BCUT2D eigenvalue weighted by Gasteiger charge is -2.04. The van der Waals surface area contributed by atoms with E-state index < -0.39 is 0 Å². The molecule has 1 atom stereocenters. The van der Waals surface area contributed by atoms with Crippen molar-refractivity contribution in [3.8, 4) is 5.75 Å². The molecule has 0 aliphatic rings. The highest BCUT2D eigenvalue weighted by Gasteiger charge is 2.02. The van der Waals surface area contributed by atoms with E-state index in [-0.39, 0.29) is 11.2 Å². The number of hydrogen-bond donors (Lipinski definition) is 1. The van der Waals surface area contributed by atoms with E-state index in [0.29, 0.717) is 5.92 Å². The molecule has 70 valence electrons. The zero-order chi connectivity index (χ0) is 9.84. The highest BCUT2D eigenvalue weighted by atomic mass is 16.3. The van der Waals surface area contributed by atoms with Gasteiger partial charge in [0.2, 0.25) is 5.43 Å². The molecular formula is C11H14O2. The smallest absolute Gasteiger partial charge is 0.220 e. The zero-order valence-electron chi connectivity index (χ0n) is 7.95. The van der Waals surface area contributed by atoms with Crippen molar-refractivity contribution in [1.82, 2.24) is 0 Å². The van der Waals surface area contributed by atoms with Crippen LogP contribution >= 0.6 is 0 Å². The van der Waals surface area contributed by atoms with Crippen molar-refractivity contribution < 1.29 is 5.11 Å². The third kappa shape index (κ3) is 2.31. The van der Waals surface area contributed by atoms with Crippen LogP contribution in [-0.4, -0.2) is 5.11 Å². The van der Waals surface area contributed by atoms with Crippen LogP contribution in [-0.2, 0) is 0 Å². The van der Waals surface area contributed by atoms with E-state index in [1.54, 1.807) is 6.07 Å². The Labute approximate surface area is 77.9 Å². The summed E-state index contributed by atoms with van der Waals surface area (Å²) in [6.45, 7) is 4.13. The van der Waals surface area contributed by atoms with E-state index in [4.69, 9.17) is 5.11 Å². The van der Waals surface area contributed by atoms with Crippen molar-refractivity contribution >= 4 is 0 Å². The molecular weight excluding hydrogens is 164 g/mol. The molecule has 1 rings (SSSR count). The van der Waals surface area contributed by atoms with Crippen LogP contribution in [0, 0.1) is 0 Å². The summed E-state index contributed by atoms with van der Waals surface area (Å²) in [6, 6.07) is 6.51. The lowest BCUT2D eigenvalue weighted by molar-refractivity contribution is 0.471. The summed E-state index contributed by atoms with van der Waals surface area (Å²) in [6.07, 6.45) is 0.990. The van der Waals surface area contributed by atoms with Gasteiger partial charge in [-0.3, -0.25) is 4.79 Å². The summed E-state index contributed by atoms with van der Waals surface area (Å²) in [4.78, 5) is 11.2. The second-order valence-corrected chi connectivity index (χ2v) is 3.23. The number of hydrogen-bond acceptors (Lipinski definition) is 2. The molecule has 0 radical (unpaired) electrons. The second-order valence-electron chi connectivity index (χ2n) is 3.23. The van der Waals surface area contributed by atoms with Crippen molar-refractivity contribution in [2.45, 2.75) is 26.2 Å². The van der Waals surface area contributed by atoms with Crippen molar-refractivity contribution in [1.29, 1.82) is 0 Å². The van der Waals surface area contributed by atoms with Crippen LogP contribution in [0.4, 0.5) is 0 Å². The largest absolute Gasteiger partial charge is 0.504 e. The highest BCUT2D eigenvalue weighted by Crippen LogP contribution is 2.16. The lowest BCUT2D eigenvalue weighted by Crippen LogP contribution is -1.97. The van der Waals surface area contributed by atoms with Crippen molar-refractivity contribution in [3.63, 3.8) is 0 Å². The fourth-order valence-electron chi connectivity index (χ4n) is 1.15. The first kappa shape index (κ1) is 9.78. The molecule has 0 amide bonds. The van der Waals surface area contributed by atoms with Crippen LogP contribution in [0.3, 0.4) is 0 Å². The molecule has 0 aromatic heterocycles. The minimum atomic E-state index is -0.305. The van der Waals surface area contributed by atoms with Gasteiger partial charge < -0.3 is 5.11 Å². The van der Waals surface area contributed by atoms with Crippen LogP contribution in [0.15, 0.2) is 29.1 Å². The molecule has 1 aromatic carbocycles. The van der Waals surface area contributed by atoms with Gasteiger partial charge >= 0.3 is 0 Å². The van der Waals surface area contributed by atoms with E-state index in [1.165, 1.54) is 12.1 Å². The van der Waals surface area contributed by atoms with Crippen molar-refractivity contribution in [3.05, 3.63) is 40.1 Å². The Morgan fingerprint density at radius 2 is 2.15 bits per heavy atom. The first-order valence-electron chi connectivity index (χ1n) is 4.48. The van der Waals surface area contributed by atoms with Gasteiger partial charge in [0, 0.05) is 0 Å². The average molecular weight is 178 g/mol. The topological polar surface area (TPSA) is 37.3 Å². The Hall–Kier alpha value is -1.31. The molecule has 2 nitrogen and oxygen atoms in total. The average Bonchev–Trinajstić information content (AvgIpc) is 2.28. The SMILES string of the molecule is CC[C@H](C)c1cccc(O)c(=O)c1. The number of aromatic hydroxyl groups is 1. The Morgan fingerprint density at radius 1 is 1.46 bits per heavy atom. The summed E-state index contributed by atoms with van der Waals surface area (Å²) in [7, 11) is 0. The lowest BCUT2D eigenvalue weighted by atomic mass is 10.0. The van der Waals surface area contributed by atoms with E-state index in [1.807, 2.05) is 6.07 Å². The van der Waals surface area contributed by atoms with Crippen molar-refractivity contribution in [2.24, 2.45) is 0 Å². The van der Waals surface area contributed by atoms with Crippen LogP contribution in [0.25, 0.3) is 0 Å². The first-order chi connectivity index (χ1) is 6.15. The minimum Gasteiger partial charge on any atom is -0.504 e. The molecule has 2 heteroatoms. The molecule has 0 aliphatic carbocycles. The Morgan fingerprint density at radius 3 is 2.77 bits per heavy atom. The predicted octanol–water partition coefficient (Wildman–Crippen LogP) is 2.27. The van der Waals surface area contributed by atoms with Gasteiger partial charge in [0.05, 0.1) is 0 Å². The summed E-state index contributed by atoms with van der Waals surface area (Å²) >= 11 is 0. The van der Waals surface area contributed by atoms with Gasteiger partial charge in [-0.05, 0) is 30.0 Å². The summed E-state index contributed by atoms with van der Waals surface area (Å²) < 4.78 is 0. The molecule has 0 saturated heterocycles. The van der Waals surface area contributed by atoms with Gasteiger partial charge in [-0.15, -0.1) is 0 Å². The standard InChI is InChI=1S/C11H14O2/c1-3-8(2)9-5-4-6-10(12)11(13)7-9/h4-8H,3H2,1-2H3,(H,12,13)/t8-/m0/s1. The maximum absolute atomic E-state index is 11.2. The quantitative estimate of drug-likeness (QED) is 0.754. The normalized spacial score (nSPS) is 12.5. The van der Waals surface area contributed by atoms with Crippen LogP contribution in [0.1, 0.15) is 31.7 Å². The highest BCUT2D eigenvalue weighted by molar-refractivity contribution is 5.25. The molecule has 0 heterocycles. The molecule has 0 fully saturated rings. The van der Waals surface area contributed by atoms with E-state index in [0.717, 1.165) is 12.0 Å². The monoisotopic (exact) mass is 178 g/mol. The number of rotatable bonds is 2. The van der Waals surface area contributed by atoms with E-state index in [2.05, 4.69) is 13.8 Å². The van der Waals surface area contributed by atoms with Gasteiger partial charge in [0.15, 0.2) is 5.75 Å². The molecule has 0 bridgehead atoms. The van der Waals surface area contributed by atoms with Crippen LogP contribution < -0.4 is 5.43 Å². The summed E-state index contributed by atoms with van der Waals surface area (Å²) in [5, 5.41) is 9.15. The van der Waals surface area contributed by atoms with Gasteiger partial charge in [-0.2, -0.15) is 0 Å². The first-order valence-corrected chi connectivity index (χ1v) is 4.48. The fourth-order valence-corrected chi connectivity index (χ4v) is 1.15. The van der Waals surface area contributed by atoms with Gasteiger partial charge in [-0.1, -0.05) is 26.0 Å². The second kappa shape index (κ2) is 4.08. The third-order valence-corrected chi connectivity index (χ3v) is 2.27. The fraction of sp³-hybridized carbons (Fsp3) is 0.364. The van der Waals surface area contributed by atoms with E-state index in [9.17, 15) is 4.79 Å². The predicted molar refractivity (Wildman–Crippen MR) is 53.1 cm³/mol. The third-order valence-electron chi connectivity index (χ3n) is 2.27. The molecule has 0 spiro atoms. The summed E-state index contributed by atoms with van der Waals surface area (Å²) in [5.41, 5.74) is 0.674. The maximum Gasteiger partial charge on any atom is 0.220 e. The molecule has 1 N–H and O–H groups in total. The van der Waals surface area contributed by atoms with Crippen molar-refractivity contribution in [2.75, 3.05) is 0 Å². The van der Waals surface area contributed by atoms with Crippen LogP contribution in [0.2, 0.25) is 0 Å².